The average molecular weight is 266 g/mol. The highest BCUT2D eigenvalue weighted by Crippen LogP contribution is 2.25. The van der Waals surface area contributed by atoms with Gasteiger partial charge in [-0.25, -0.2) is 8.78 Å². The predicted octanol–water partition coefficient (Wildman–Crippen LogP) is 2.11. The lowest BCUT2D eigenvalue weighted by Gasteiger charge is -2.16. The van der Waals surface area contributed by atoms with Crippen molar-refractivity contribution in [2.45, 2.75) is 19.1 Å². The van der Waals surface area contributed by atoms with Crippen LogP contribution in [0.3, 0.4) is 0 Å². The van der Waals surface area contributed by atoms with Crippen LogP contribution >= 0.6 is 15.9 Å². The van der Waals surface area contributed by atoms with Crippen molar-refractivity contribution in [2.75, 3.05) is 0 Å². The molecule has 14 heavy (non-hydrogen) atoms. The first-order chi connectivity index (χ1) is 6.43. The Balaban J connectivity index is 3.20. The molecule has 0 saturated heterocycles. The third-order valence-electron chi connectivity index (χ3n) is 1.90. The molecular formula is C9H10BrF2NO. The molecule has 78 valence electrons. The Kier molecular flexibility index (Phi) is 3.58. The van der Waals surface area contributed by atoms with Gasteiger partial charge in [-0.15, -0.1) is 0 Å². The Hall–Kier alpha value is -0.520. The van der Waals surface area contributed by atoms with Gasteiger partial charge in [0.15, 0.2) is 0 Å². The number of nitrogens with two attached hydrogens (primary N) is 1. The fourth-order valence-electron chi connectivity index (χ4n) is 1.11. The lowest BCUT2D eigenvalue weighted by Crippen LogP contribution is -2.25. The van der Waals surface area contributed by atoms with Gasteiger partial charge in [0.25, 0.3) is 0 Å². The van der Waals surface area contributed by atoms with Crippen molar-refractivity contribution in [3.05, 3.63) is 33.8 Å². The molecule has 0 aliphatic heterocycles. The van der Waals surface area contributed by atoms with Gasteiger partial charge in [0, 0.05) is 10.0 Å². The van der Waals surface area contributed by atoms with Crippen molar-refractivity contribution in [3.8, 4) is 0 Å². The molecule has 0 saturated carbocycles. The molecule has 3 N–H and O–H groups in total. The van der Waals surface area contributed by atoms with E-state index in [9.17, 15) is 8.78 Å². The standard InChI is InChI=1S/C9H10BrF2NO/c1-4(14)9(13)8-6(11)2-5(10)3-7(8)12/h2-4,9,14H,13H2,1H3/t4-,9-/m0/s1. The fraction of sp³-hybridized carbons (Fsp3) is 0.333. The summed E-state index contributed by atoms with van der Waals surface area (Å²) in [6.07, 6.45) is -1.000. The monoisotopic (exact) mass is 265 g/mol. The van der Waals surface area contributed by atoms with Gasteiger partial charge in [0.2, 0.25) is 0 Å². The first-order valence-corrected chi connectivity index (χ1v) is 4.81. The molecule has 0 spiro atoms. The van der Waals surface area contributed by atoms with E-state index in [1.54, 1.807) is 0 Å². The van der Waals surface area contributed by atoms with Gasteiger partial charge in [0.1, 0.15) is 11.6 Å². The van der Waals surface area contributed by atoms with Crippen LogP contribution in [0.4, 0.5) is 8.78 Å². The third kappa shape index (κ3) is 2.29. The van der Waals surface area contributed by atoms with E-state index in [1.807, 2.05) is 0 Å². The van der Waals surface area contributed by atoms with Crippen molar-refractivity contribution in [1.29, 1.82) is 0 Å². The van der Waals surface area contributed by atoms with E-state index < -0.39 is 23.8 Å². The van der Waals surface area contributed by atoms with Crippen LogP contribution in [0.1, 0.15) is 18.5 Å². The summed E-state index contributed by atoms with van der Waals surface area (Å²) >= 11 is 2.95. The average Bonchev–Trinajstić information content (AvgIpc) is 2.01. The number of aliphatic hydroxyl groups excluding tert-OH is 1. The van der Waals surface area contributed by atoms with E-state index in [1.165, 1.54) is 6.92 Å². The summed E-state index contributed by atoms with van der Waals surface area (Å²) in [6.45, 7) is 1.38. The summed E-state index contributed by atoms with van der Waals surface area (Å²) < 4.78 is 26.8. The van der Waals surface area contributed by atoms with Crippen LogP contribution < -0.4 is 5.73 Å². The summed E-state index contributed by atoms with van der Waals surface area (Å²) in [4.78, 5) is 0. The summed E-state index contributed by atoms with van der Waals surface area (Å²) in [5.74, 6) is -1.52. The molecule has 2 nitrogen and oxygen atoms in total. The molecule has 0 fully saturated rings. The molecule has 5 heteroatoms. The maximum Gasteiger partial charge on any atom is 0.132 e. The van der Waals surface area contributed by atoms with Gasteiger partial charge in [-0.05, 0) is 19.1 Å². The zero-order chi connectivity index (χ0) is 10.9. The minimum atomic E-state index is -1.05. The van der Waals surface area contributed by atoms with Gasteiger partial charge >= 0.3 is 0 Å². The Morgan fingerprint density at radius 3 is 2.14 bits per heavy atom. The van der Waals surface area contributed by atoms with Crippen LogP contribution in [-0.4, -0.2) is 11.2 Å². The van der Waals surface area contributed by atoms with Gasteiger partial charge in [-0.2, -0.15) is 0 Å². The van der Waals surface area contributed by atoms with Crippen LogP contribution in [0.15, 0.2) is 16.6 Å². The minimum Gasteiger partial charge on any atom is -0.391 e. The molecule has 0 amide bonds. The van der Waals surface area contributed by atoms with Crippen molar-refractivity contribution < 1.29 is 13.9 Å². The molecular weight excluding hydrogens is 256 g/mol. The van der Waals surface area contributed by atoms with E-state index in [-0.39, 0.29) is 5.56 Å². The summed E-state index contributed by atoms with van der Waals surface area (Å²) in [5.41, 5.74) is 5.16. The van der Waals surface area contributed by atoms with Crippen LogP contribution in [0.2, 0.25) is 0 Å². The third-order valence-corrected chi connectivity index (χ3v) is 2.35. The Bertz CT molecular complexity index is 321. The van der Waals surface area contributed by atoms with Crippen LogP contribution in [0.5, 0.6) is 0 Å². The second-order valence-corrected chi connectivity index (χ2v) is 3.97. The first-order valence-electron chi connectivity index (χ1n) is 4.01. The molecule has 2 atom stereocenters. The van der Waals surface area contributed by atoms with E-state index in [4.69, 9.17) is 10.8 Å². The molecule has 0 aromatic heterocycles. The van der Waals surface area contributed by atoms with E-state index in [0.717, 1.165) is 12.1 Å². The summed E-state index contributed by atoms with van der Waals surface area (Å²) in [5, 5.41) is 9.12. The molecule has 0 aliphatic rings. The van der Waals surface area contributed by atoms with E-state index in [0.29, 0.717) is 4.47 Å². The molecule has 1 rings (SSSR count). The predicted molar refractivity (Wildman–Crippen MR) is 52.7 cm³/mol. The zero-order valence-electron chi connectivity index (χ0n) is 7.47. The fourth-order valence-corrected chi connectivity index (χ4v) is 1.51. The molecule has 0 heterocycles. The van der Waals surface area contributed by atoms with Gasteiger partial charge < -0.3 is 10.8 Å². The molecule has 0 unspecified atom stereocenters. The molecule has 0 radical (unpaired) electrons. The van der Waals surface area contributed by atoms with E-state index >= 15 is 0 Å². The highest BCUT2D eigenvalue weighted by Gasteiger charge is 2.21. The van der Waals surface area contributed by atoms with Gasteiger partial charge in [0.05, 0.1) is 12.1 Å². The topological polar surface area (TPSA) is 46.2 Å². The maximum atomic E-state index is 13.3. The Labute approximate surface area is 88.9 Å². The second kappa shape index (κ2) is 4.33. The number of hydrogen-bond donors (Lipinski definition) is 2. The molecule has 1 aromatic rings. The highest BCUT2D eigenvalue weighted by molar-refractivity contribution is 9.10. The van der Waals surface area contributed by atoms with Gasteiger partial charge in [-0.3, -0.25) is 0 Å². The number of halogens is 3. The van der Waals surface area contributed by atoms with E-state index in [2.05, 4.69) is 15.9 Å². The van der Waals surface area contributed by atoms with Crippen LogP contribution in [-0.2, 0) is 0 Å². The maximum absolute atomic E-state index is 13.3. The Morgan fingerprint density at radius 2 is 1.79 bits per heavy atom. The summed E-state index contributed by atoms with van der Waals surface area (Å²) in [7, 11) is 0. The lowest BCUT2D eigenvalue weighted by molar-refractivity contribution is 0.160. The zero-order valence-corrected chi connectivity index (χ0v) is 9.05. The second-order valence-electron chi connectivity index (χ2n) is 3.05. The number of hydrogen-bond acceptors (Lipinski definition) is 2. The largest absolute Gasteiger partial charge is 0.391 e. The SMILES string of the molecule is C[C@H](O)[C@H](N)c1c(F)cc(Br)cc1F. The number of rotatable bonds is 2. The molecule has 1 aromatic carbocycles. The lowest BCUT2D eigenvalue weighted by atomic mass is 10.0. The molecule has 0 aliphatic carbocycles. The normalized spacial score (nSPS) is 15.3. The number of benzene rings is 1. The van der Waals surface area contributed by atoms with Crippen molar-refractivity contribution in [2.24, 2.45) is 5.73 Å². The van der Waals surface area contributed by atoms with Crippen LogP contribution in [0, 0.1) is 11.6 Å². The Morgan fingerprint density at radius 1 is 1.36 bits per heavy atom. The highest BCUT2D eigenvalue weighted by atomic mass is 79.9. The van der Waals surface area contributed by atoms with Gasteiger partial charge in [-0.1, -0.05) is 15.9 Å². The summed E-state index contributed by atoms with van der Waals surface area (Å²) in [6, 6.07) is 1.17. The quantitative estimate of drug-likeness (QED) is 0.861. The van der Waals surface area contributed by atoms with Crippen molar-refractivity contribution >= 4 is 15.9 Å². The minimum absolute atomic E-state index is 0.289. The van der Waals surface area contributed by atoms with Crippen molar-refractivity contribution in [3.63, 3.8) is 0 Å². The first kappa shape index (κ1) is 11.6. The number of aliphatic hydroxyl groups is 1. The van der Waals surface area contributed by atoms with Crippen LogP contribution in [0.25, 0.3) is 0 Å². The van der Waals surface area contributed by atoms with Crippen molar-refractivity contribution in [1.82, 2.24) is 0 Å². The smallest absolute Gasteiger partial charge is 0.132 e. The molecule has 0 bridgehead atoms.